The fraction of sp³-hybridized carbons (Fsp3) is 0.517. The molecular formula is C29H41N3O6S. The molecule has 0 radical (unpaired) electrons. The van der Waals surface area contributed by atoms with Crippen molar-refractivity contribution in [2.75, 3.05) is 31.3 Å². The maximum Gasteiger partial charge on any atom is 0.244 e. The van der Waals surface area contributed by atoms with Gasteiger partial charge in [0.25, 0.3) is 0 Å². The number of methoxy groups -OCH3 is 2. The molecule has 1 fully saturated rings. The number of hydrogen-bond donors (Lipinski definition) is 1. The summed E-state index contributed by atoms with van der Waals surface area (Å²) >= 11 is 0. The third-order valence-corrected chi connectivity index (χ3v) is 8.23. The van der Waals surface area contributed by atoms with Gasteiger partial charge >= 0.3 is 0 Å². The Morgan fingerprint density at radius 1 is 1.05 bits per heavy atom. The second-order valence-electron chi connectivity index (χ2n) is 10.1. The van der Waals surface area contributed by atoms with Gasteiger partial charge in [0.2, 0.25) is 21.8 Å². The van der Waals surface area contributed by atoms with Crippen LogP contribution >= 0.6 is 0 Å². The molecule has 1 aliphatic rings. The first kappa shape index (κ1) is 30.3. The van der Waals surface area contributed by atoms with Crippen LogP contribution < -0.4 is 19.1 Å². The number of benzene rings is 2. The molecule has 9 nitrogen and oxygen atoms in total. The molecule has 0 heterocycles. The number of sulfonamides is 1. The Hall–Kier alpha value is -3.27. The average molecular weight is 560 g/mol. The van der Waals surface area contributed by atoms with Gasteiger partial charge in [0.1, 0.15) is 24.1 Å². The van der Waals surface area contributed by atoms with E-state index in [9.17, 15) is 18.0 Å². The third-order valence-electron chi connectivity index (χ3n) is 7.11. The standard InChI is InChI=1S/C29H41N3O6S/c1-6-25(29(34)30-23-13-8-7-9-14-23)31(19-22-12-10-11-21(2)17-22)28(33)20-32(39(5,35)36)26-16-15-24(37-3)18-27(26)38-4/h10-12,15-18,23,25H,6-9,13-14,19-20H2,1-5H3,(H,30,34). The highest BCUT2D eigenvalue weighted by Gasteiger charge is 2.33. The van der Waals surface area contributed by atoms with Crippen LogP contribution in [0.1, 0.15) is 56.6 Å². The van der Waals surface area contributed by atoms with Gasteiger partial charge in [0.15, 0.2) is 0 Å². The number of amides is 2. The Morgan fingerprint density at radius 3 is 2.36 bits per heavy atom. The lowest BCUT2D eigenvalue weighted by atomic mass is 9.95. The topological polar surface area (TPSA) is 105 Å². The molecule has 2 aromatic rings. The molecule has 0 saturated heterocycles. The molecule has 3 rings (SSSR count). The van der Waals surface area contributed by atoms with Crippen molar-refractivity contribution in [3.05, 3.63) is 53.6 Å². The van der Waals surface area contributed by atoms with Crippen LogP contribution in [0.5, 0.6) is 11.5 Å². The molecule has 39 heavy (non-hydrogen) atoms. The van der Waals surface area contributed by atoms with Crippen molar-refractivity contribution < 1.29 is 27.5 Å². The number of rotatable bonds is 12. The van der Waals surface area contributed by atoms with Gasteiger partial charge in [-0.1, -0.05) is 56.0 Å². The minimum Gasteiger partial charge on any atom is -0.497 e. The Labute approximate surface area is 232 Å². The van der Waals surface area contributed by atoms with E-state index in [1.807, 2.05) is 38.1 Å². The summed E-state index contributed by atoms with van der Waals surface area (Å²) in [6.45, 7) is 3.52. The minimum atomic E-state index is -3.89. The van der Waals surface area contributed by atoms with Crippen molar-refractivity contribution in [2.45, 2.75) is 71.0 Å². The second-order valence-corrected chi connectivity index (χ2v) is 12.0. The van der Waals surface area contributed by atoms with Gasteiger partial charge < -0.3 is 19.7 Å². The number of aryl methyl sites for hydroxylation is 1. The normalized spacial score (nSPS) is 14.8. The van der Waals surface area contributed by atoms with Crippen LogP contribution in [0.15, 0.2) is 42.5 Å². The summed E-state index contributed by atoms with van der Waals surface area (Å²) in [4.78, 5) is 29.0. The lowest BCUT2D eigenvalue weighted by Gasteiger charge is -2.34. The largest absolute Gasteiger partial charge is 0.497 e. The highest BCUT2D eigenvalue weighted by molar-refractivity contribution is 7.92. The zero-order chi connectivity index (χ0) is 28.6. The van der Waals surface area contributed by atoms with E-state index in [1.165, 1.54) is 19.1 Å². The van der Waals surface area contributed by atoms with Gasteiger partial charge in [0, 0.05) is 18.7 Å². The first-order valence-electron chi connectivity index (χ1n) is 13.4. The van der Waals surface area contributed by atoms with Crippen LogP contribution in [0.2, 0.25) is 0 Å². The van der Waals surface area contributed by atoms with E-state index in [2.05, 4.69) is 5.32 Å². The lowest BCUT2D eigenvalue weighted by Crippen LogP contribution is -2.54. The van der Waals surface area contributed by atoms with Gasteiger partial charge in [0.05, 0.1) is 26.2 Å². The molecule has 2 aromatic carbocycles. The maximum absolute atomic E-state index is 14.0. The molecule has 10 heteroatoms. The van der Waals surface area contributed by atoms with Gasteiger partial charge in [-0.15, -0.1) is 0 Å². The number of nitrogens with one attached hydrogen (secondary N) is 1. The number of ether oxygens (including phenoxy) is 2. The van der Waals surface area contributed by atoms with E-state index in [4.69, 9.17) is 9.47 Å². The molecule has 0 aromatic heterocycles. The van der Waals surface area contributed by atoms with Gasteiger partial charge in [-0.3, -0.25) is 13.9 Å². The molecule has 1 unspecified atom stereocenters. The molecule has 0 aliphatic heterocycles. The van der Waals surface area contributed by atoms with E-state index < -0.39 is 28.5 Å². The zero-order valence-corrected chi connectivity index (χ0v) is 24.4. The van der Waals surface area contributed by atoms with E-state index in [1.54, 1.807) is 18.2 Å². The molecule has 1 saturated carbocycles. The molecular weight excluding hydrogens is 518 g/mol. The maximum atomic E-state index is 14.0. The van der Waals surface area contributed by atoms with Crippen LogP contribution in [-0.4, -0.2) is 64.2 Å². The number of carbonyl (C=O) groups excluding carboxylic acids is 2. The highest BCUT2D eigenvalue weighted by Crippen LogP contribution is 2.34. The van der Waals surface area contributed by atoms with Crippen LogP contribution in [0, 0.1) is 6.92 Å². The summed E-state index contributed by atoms with van der Waals surface area (Å²) in [6.07, 6.45) is 6.59. The van der Waals surface area contributed by atoms with Crippen LogP contribution in [-0.2, 0) is 26.2 Å². The number of nitrogens with zero attached hydrogens (tertiary/aromatic N) is 2. The monoisotopic (exact) mass is 559 g/mol. The van der Waals surface area contributed by atoms with Crippen molar-refractivity contribution >= 4 is 27.5 Å². The number of hydrogen-bond acceptors (Lipinski definition) is 6. The fourth-order valence-electron chi connectivity index (χ4n) is 5.06. The summed E-state index contributed by atoms with van der Waals surface area (Å²) in [5.41, 5.74) is 2.10. The Kier molecular flexibility index (Phi) is 10.6. The summed E-state index contributed by atoms with van der Waals surface area (Å²) < 4.78 is 37.6. The van der Waals surface area contributed by atoms with E-state index in [-0.39, 0.29) is 29.9 Å². The SMILES string of the molecule is CCC(C(=O)NC1CCCCC1)N(Cc1cccc(C)c1)C(=O)CN(c1ccc(OC)cc1OC)S(C)(=O)=O. The van der Waals surface area contributed by atoms with Gasteiger partial charge in [-0.25, -0.2) is 8.42 Å². The summed E-state index contributed by atoms with van der Waals surface area (Å²) in [7, 11) is -0.967. The van der Waals surface area contributed by atoms with Crippen LogP contribution in [0.4, 0.5) is 5.69 Å². The first-order chi connectivity index (χ1) is 18.6. The van der Waals surface area contributed by atoms with E-state index in [0.29, 0.717) is 12.2 Å². The summed E-state index contributed by atoms with van der Waals surface area (Å²) in [5, 5.41) is 3.15. The number of anilines is 1. The molecule has 1 atom stereocenters. The van der Waals surface area contributed by atoms with Crippen molar-refractivity contribution in [3.8, 4) is 11.5 Å². The Bertz CT molecular complexity index is 1240. The predicted octanol–water partition coefficient (Wildman–Crippen LogP) is 4.03. The van der Waals surface area contributed by atoms with Gasteiger partial charge in [-0.05, 0) is 43.9 Å². The first-order valence-corrected chi connectivity index (χ1v) is 15.3. The molecule has 1 aliphatic carbocycles. The van der Waals surface area contributed by atoms with Crippen molar-refractivity contribution in [1.82, 2.24) is 10.2 Å². The third kappa shape index (κ3) is 8.11. The average Bonchev–Trinajstić information content (AvgIpc) is 2.91. The Balaban J connectivity index is 1.96. The quantitative estimate of drug-likeness (QED) is 0.421. The summed E-state index contributed by atoms with van der Waals surface area (Å²) in [5.74, 6) is 0.0468. The van der Waals surface area contributed by atoms with Crippen molar-refractivity contribution in [1.29, 1.82) is 0 Å². The molecule has 214 valence electrons. The van der Waals surface area contributed by atoms with E-state index in [0.717, 1.165) is 53.8 Å². The lowest BCUT2D eigenvalue weighted by molar-refractivity contribution is -0.140. The van der Waals surface area contributed by atoms with Crippen molar-refractivity contribution in [3.63, 3.8) is 0 Å². The van der Waals surface area contributed by atoms with E-state index >= 15 is 0 Å². The fourth-order valence-corrected chi connectivity index (χ4v) is 5.91. The molecule has 0 spiro atoms. The van der Waals surface area contributed by atoms with Crippen LogP contribution in [0.3, 0.4) is 0 Å². The molecule has 0 bridgehead atoms. The highest BCUT2D eigenvalue weighted by atomic mass is 32.2. The molecule has 1 N–H and O–H groups in total. The van der Waals surface area contributed by atoms with Crippen molar-refractivity contribution in [2.24, 2.45) is 0 Å². The zero-order valence-electron chi connectivity index (χ0n) is 23.6. The predicted molar refractivity (Wildman–Crippen MR) is 153 cm³/mol. The summed E-state index contributed by atoms with van der Waals surface area (Å²) in [6, 6.07) is 11.8. The minimum absolute atomic E-state index is 0.0901. The second kappa shape index (κ2) is 13.7. The van der Waals surface area contributed by atoms with Gasteiger partial charge in [-0.2, -0.15) is 0 Å². The van der Waals surface area contributed by atoms with Crippen LogP contribution in [0.25, 0.3) is 0 Å². The Morgan fingerprint density at radius 2 is 1.77 bits per heavy atom. The number of carbonyl (C=O) groups is 2. The molecule has 2 amide bonds. The smallest absolute Gasteiger partial charge is 0.244 e.